The van der Waals surface area contributed by atoms with E-state index >= 15 is 0 Å². The van der Waals surface area contributed by atoms with E-state index in [2.05, 4.69) is 0 Å². The Balaban J connectivity index is 0.00000117. The maximum atomic E-state index is 7.99. The number of fused-ring (bicyclic) bond motifs is 3. The van der Waals surface area contributed by atoms with Crippen LogP contribution in [-0.2, 0) is 12.8 Å². The predicted molar refractivity (Wildman–Crippen MR) is 124 cm³/mol. The van der Waals surface area contributed by atoms with Crippen LogP contribution >= 0.6 is 0 Å². The maximum absolute atomic E-state index is 7.99. The van der Waals surface area contributed by atoms with E-state index in [0.29, 0.717) is 17.1 Å². The molecule has 1 aromatic heterocycles. The third-order valence-corrected chi connectivity index (χ3v) is 5.42. The summed E-state index contributed by atoms with van der Waals surface area (Å²) in [4.78, 5) is 4.97. The molecule has 0 aliphatic heterocycles. The zero-order valence-corrected chi connectivity index (χ0v) is 17.4. The highest BCUT2D eigenvalue weighted by molar-refractivity contribution is 6.06. The third-order valence-electron chi connectivity index (χ3n) is 5.42. The van der Waals surface area contributed by atoms with E-state index in [1.165, 1.54) is 17.3 Å². The van der Waals surface area contributed by atoms with E-state index in [0.717, 1.165) is 59.0 Å². The lowest BCUT2D eigenvalue weighted by atomic mass is 9.84. The molecule has 0 saturated heterocycles. The smallest absolute Gasteiger partial charge is 0.0744 e. The standard InChI is InChI=1S/C22H23N5.C2H6/c1-12(24)16-10-13(6-7-18(16)25)22-15-5-3-2-4-14(15)21-17(11-23)19(26)8-9-20(21)27-22;1-2/h6-11,23-24H,2-5,25-26H2,1H3;1-2H3. The first-order chi connectivity index (χ1) is 14.0. The first-order valence-corrected chi connectivity index (χ1v) is 10.2. The van der Waals surface area contributed by atoms with Crippen molar-refractivity contribution in [1.29, 1.82) is 10.8 Å². The van der Waals surface area contributed by atoms with Gasteiger partial charge in [0.05, 0.1) is 11.2 Å². The van der Waals surface area contributed by atoms with E-state index in [1.807, 2.05) is 44.2 Å². The van der Waals surface area contributed by atoms with Gasteiger partial charge in [-0.15, -0.1) is 0 Å². The van der Waals surface area contributed by atoms with Gasteiger partial charge < -0.3 is 22.3 Å². The van der Waals surface area contributed by atoms with Gasteiger partial charge in [0.15, 0.2) is 0 Å². The normalized spacial score (nSPS) is 12.7. The molecule has 0 bridgehead atoms. The fraction of sp³-hybridized carbons (Fsp3) is 0.292. The Kier molecular flexibility index (Phi) is 5.97. The SMILES string of the molecule is CC.CC(=N)c1cc(-c2nc3ccc(N)c(C=N)c3c3c2CCCC3)ccc1N. The summed E-state index contributed by atoms with van der Waals surface area (Å²) >= 11 is 0. The molecular weight excluding hydrogens is 358 g/mol. The Morgan fingerprint density at radius 1 is 1.00 bits per heavy atom. The minimum atomic E-state index is 0.447. The molecule has 1 aliphatic rings. The predicted octanol–water partition coefficient (Wildman–Crippen LogP) is 5.36. The average molecular weight is 388 g/mol. The van der Waals surface area contributed by atoms with Crippen LogP contribution in [0.3, 0.4) is 0 Å². The lowest BCUT2D eigenvalue weighted by Gasteiger charge is -2.23. The summed E-state index contributed by atoms with van der Waals surface area (Å²) in [5.74, 6) is 0. The fourth-order valence-corrected chi connectivity index (χ4v) is 4.09. The second kappa shape index (κ2) is 8.43. The molecule has 29 heavy (non-hydrogen) atoms. The number of hydrogen-bond acceptors (Lipinski definition) is 5. The van der Waals surface area contributed by atoms with E-state index in [-0.39, 0.29) is 0 Å². The maximum Gasteiger partial charge on any atom is 0.0744 e. The van der Waals surface area contributed by atoms with Crippen LogP contribution < -0.4 is 11.5 Å². The molecule has 0 spiro atoms. The Morgan fingerprint density at radius 3 is 2.31 bits per heavy atom. The topological polar surface area (TPSA) is 113 Å². The Hall–Kier alpha value is -3.21. The van der Waals surface area contributed by atoms with Crippen LogP contribution in [0.1, 0.15) is 55.9 Å². The van der Waals surface area contributed by atoms with Gasteiger partial charge in [-0.2, -0.15) is 0 Å². The number of pyridine rings is 1. The Morgan fingerprint density at radius 2 is 1.66 bits per heavy atom. The van der Waals surface area contributed by atoms with Crippen LogP contribution in [0.5, 0.6) is 0 Å². The molecule has 0 fully saturated rings. The fourth-order valence-electron chi connectivity index (χ4n) is 4.09. The first-order valence-electron chi connectivity index (χ1n) is 10.2. The molecule has 0 saturated carbocycles. The largest absolute Gasteiger partial charge is 0.398 e. The van der Waals surface area contributed by atoms with Crippen molar-refractivity contribution in [2.45, 2.75) is 46.5 Å². The molecule has 5 nitrogen and oxygen atoms in total. The summed E-state index contributed by atoms with van der Waals surface area (Å²) in [6, 6.07) is 9.58. The van der Waals surface area contributed by atoms with Crippen molar-refractivity contribution in [1.82, 2.24) is 4.98 Å². The van der Waals surface area contributed by atoms with Gasteiger partial charge in [0.2, 0.25) is 0 Å². The number of aryl methyl sites for hydroxylation is 1. The van der Waals surface area contributed by atoms with Gasteiger partial charge in [0.25, 0.3) is 0 Å². The number of anilines is 2. The van der Waals surface area contributed by atoms with Crippen LogP contribution in [0.2, 0.25) is 0 Å². The van der Waals surface area contributed by atoms with Gasteiger partial charge in [0.1, 0.15) is 0 Å². The van der Waals surface area contributed by atoms with Crippen LogP contribution in [0.25, 0.3) is 22.2 Å². The number of hydrogen-bond donors (Lipinski definition) is 4. The summed E-state index contributed by atoms with van der Waals surface area (Å²) in [5, 5.41) is 16.8. The number of nitrogen functional groups attached to an aromatic ring is 2. The third kappa shape index (κ3) is 3.60. The number of aromatic nitrogens is 1. The van der Waals surface area contributed by atoms with Crippen molar-refractivity contribution < 1.29 is 0 Å². The Bertz CT molecular complexity index is 1100. The molecule has 150 valence electrons. The number of benzene rings is 2. The second-order valence-corrected chi connectivity index (χ2v) is 7.16. The van der Waals surface area contributed by atoms with Gasteiger partial charge >= 0.3 is 0 Å². The van der Waals surface area contributed by atoms with Crippen molar-refractivity contribution >= 4 is 34.2 Å². The van der Waals surface area contributed by atoms with E-state index < -0.39 is 0 Å². The molecule has 1 heterocycles. The van der Waals surface area contributed by atoms with Crippen molar-refractivity contribution in [3.05, 3.63) is 52.6 Å². The van der Waals surface area contributed by atoms with Crippen LogP contribution in [-0.4, -0.2) is 16.9 Å². The molecule has 3 aromatic rings. The number of nitrogens with zero attached hydrogens (tertiary/aromatic N) is 1. The summed E-state index contributed by atoms with van der Waals surface area (Å²) < 4.78 is 0. The van der Waals surface area contributed by atoms with Crippen LogP contribution in [0.4, 0.5) is 11.4 Å². The average Bonchev–Trinajstić information content (AvgIpc) is 2.75. The second-order valence-electron chi connectivity index (χ2n) is 7.16. The van der Waals surface area contributed by atoms with Crippen molar-refractivity contribution in [3.8, 4) is 11.3 Å². The molecular formula is C24H29N5. The molecule has 0 atom stereocenters. The number of nitrogens with two attached hydrogens (primary N) is 2. The lowest BCUT2D eigenvalue weighted by molar-refractivity contribution is 0.689. The summed E-state index contributed by atoms with van der Waals surface area (Å²) in [6.45, 7) is 5.75. The molecule has 1 aliphatic carbocycles. The van der Waals surface area contributed by atoms with Crippen molar-refractivity contribution in [2.24, 2.45) is 0 Å². The molecule has 2 aromatic carbocycles. The zero-order chi connectivity index (χ0) is 21.1. The van der Waals surface area contributed by atoms with Crippen LogP contribution in [0.15, 0.2) is 30.3 Å². The highest BCUT2D eigenvalue weighted by Crippen LogP contribution is 2.38. The first kappa shape index (κ1) is 20.5. The van der Waals surface area contributed by atoms with Crippen molar-refractivity contribution in [2.75, 3.05) is 11.5 Å². The van der Waals surface area contributed by atoms with Gasteiger partial charge in [-0.25, -0.2) is 4.98 Å². The molecule has 5 heteroatoms. The van der Waals surface area contributed by atoms with Gasteiger partial charge in [-0.1, -0.05) is 19.9 Å². The summed E-state index contributed by atoms with van der Waals surface area (Å²) in [6.07, 6.45) is 5.53. The molecule has 4 rings (SSSR count). The lowest BCUT2D eigenvalue weighted by Crippen LogP contribution is -2.10. The minimum Gasteiger partial charge on any atom is -0.398 e. The van der Waals surface area contributed by atoms with Gasteiger partial charge in [0, 0.05) is 45.4 Å². The van der Waals surface area contributed by atoms with E-state index in [9.17, 15) is 0 Å². The highest BCUT2D eigenvalue weighted by atomic mass is 14.7. The highest BCUT2D eigenvalue weighted by Gasteiger charge is 2.22. The number of rotatable bonds is 3. The molecule has 0 unspecified atom stereocenters. The summed E-state index contributed by atoms with van der Waals surface area (Å²) in [7, 11) is 0. The Labute approximate surface area is 172 Å². The molecule has 0 radical (unpaired) electrons. The van der Waals surface area contributed by atoms with E-state index in [1.54, 1.807) is 6.92 Å². The van der Waals surface area contributed by atoms with Gasteiger partial charge in [-0.05, 0) is 68.0 Å². The minimum absolute atomic E-state index is 0.447. The van der Waals surface area contributed by atoms with Gasteiger partial charge in [-0.3, -0.25) is 0 Å². The molecule has 0 amide bonds. The zero-order valence-electron chi connectivity index (χ0n) is 17.4. The quantitative estimate of drug-likeness (QED) is 0.358. The van der Waals surface area contributed by atoms with Crippen LogP contribution in [0, 0.1) is 10.8 Å². The summed E-state index contributed by atoms with van der Waals surface area (Å²) in [5.41, 5.74) is 20.7. The number of nitrogens with one attached hydrogen (secondary N) is 2. The van der Waals surface area contributed by atoms with E-state index in [4.69, 9.17) is 27.3 Å². The molecule has 6 N–H and O–H groups in total. The van der Waals surface area contributed by atoms with Crippen molar-refractivity contribution in [3.63, 3.8) is 0 Å². The monoisotopic (exact) mass is 387 g/mol.